The molecule has 1 N–H and O–H groups in total. The lowest BCUT2D eigenvalue weighted by atomic mass is 9.81. The van der Waals surface area contributed by atoms with E-state index < -0.39 is 0 Å². The number of fused-ring (bicyclic) bond motifs is 2. The summed E-state index contributed by atoms with van der Waals surface area (Å²) in [6.07, 6.45) is 6.13. The molecule has 64 valence electrons. The monoisotopic (exact) mass is 155 g/mol. The lowest BCUT2D eigenvalue weighted by molar-refractivity contribution is -0.201. The van der Waals surface area contributed by atoms with E-state index in [0.29, 0.717) is 12.1 Å². The molecule has 0 radical (unpaired) electrons. The summed E-state index contributed by atoms with van der Waals surface area (Å²) in [5.74, 6) is 0.827. The van der Waals surface area contributed by atoms with E-state index in [0.717, 1.165) is 5.92 Å². The second-order valence-electron chi connectivity index (χ2n) is 4.20. The van der Waals surface area contributed by atoms with Crippen LogP contribution in [0.3, 0.4) is 0 Å². The van der Waals surface area contributed by atoms with Crippen LogP contribution in [0.2, 0.25) is 0 Å². The number of rotatable bonds is 0. The number of nitrogens with zero attached hydrogens (tertiary/aromatic N) is 1. The van der Waals surface area contributed by atoms with Gasteiger partial charge in [0, 0.05) is 12.1 Å². The van der Waals surface area contributed by atoms with Crippen molar-refractivity contribution in [2.45, 2.75) is 51.1 Å². The summed E-state index contributed by atoms with van der Waals surface area (Å²) in [4.78, 5) is 0. The third-order valence-corrected chi connectivity index (χ3v) is 3.17. The van der Waals surface area contributed by atoms with Gasteiger partial charge < -0.3 is 5.21 Å². The van der Waals surface area contributed by atoms with Gasteiger partial charge in [0.1, 0.15) is 0 Å². The molecule has 0 saturated carbocycles. The summed E-state index contributed by atoms with van der Waals surface area (Å²) in [7, 11) is 0. The molecule has 11 heavy (non-hydrogen) atoms. The van der Waals surface area contributed by atoms with Crippen LogP contribution in [-0.2, 0) is 0 Å². The van der Waals surface area contributed by atoms with E-state index in [-0.39, 0.29) is 0 Å². The summed E-state index contributed by atoms with van der Waals surface area (Å²) in [5, 5.41) is 11.3. The van der Waals surface area contributed by atoms with Crippen molar-refractivity contribution in [3.8, 4) is 0 Å². The number of piperidine rings is 2. The number of hydroxylamine groups is 2. The van der Waals surface area contributed by atoms with Gasteiger partial charge in [-0.05, 0) is 31.6 Å². The zero-order chi connectivity index (χ0) is 7.84. The topological polar surface area (TPSA) is 23.5 Å². The Morgan fingerprint density at radius 1 is 1.18 bits per heavy atom. The number of hydrogen-bond donors (Lipinski definition) is 1. The van der Waals surface area contributed by atoms with Crippen LogP contribution in [0.1, 0.15) is 39.0 Å². The van der Waals surface area contributed by atoms with Crippen molar-refractivity contribution in [1.29, 1.82) is 0 Å². The minimum Gasteiger partial charge on any atom is -0.313 e. The van der Waals surface area contributed by atoms with Crippen molar-refractivity contribution < 1.29 is 5.21 Å². The summed E-state index contributed by atoms with van der Waals surface area (Å²) in [6.45, 7) is 2.30. The second-order valence-corrected chi connectivity index (χ2v) is 4.20. The highest BCUT2D eigenvalue weighted by Gasteiger charge is 2.35. The average molecular weight is 155 g/mol. The van der Waals surface area contributed by atoms with Crippen LogP contribution < -0.4 is 0 Å². The molecular formula is C9H17NO. The molecule has 2 aliphatic heterocycles. The average Bonchev–Trinajstić information content (AvgIpc) is 1.92. The van der Waals surface area contributed by atoms with Gasteiger partial charge in [0.15, 0.2) is 0 Å². The van der Waals surface area contributed by atoms with Crippen LogP contribution in [0.15, 0.2) is 0 Å². The minimum atomic E-state index is 0.484. The Morgan fingerprint density at radius 3 is 2.27 bits per heavy atom. The van der Waals surface area contributed by atoms with E-state index >= 15 is 0 Å². The Labute approximate surface area is 68.2 Å². The molecule has 2 heteroatoms. The molecule has 2 bridgehead atoms. The maximum Gasteiger partial charge on any atom is 0.0356 e. The van der Waals surface area contributed by atoms with Gasteiger partial charge in [0.05, 0.1) is 0 Å². The van der Waals surface area contributed by atoms with E-state index in [1.54, 1.807) is 5.06 Å². The van der Waals surface area contributed by atoms with E-state index in [4.69, 9.17) is 0 Å². The molecule has 2 fully saturated rings. The fourth-order valence-corrected chi connectivity index (χ4v) is 2.63. The van der Waals surface area contributed by atoms with Gasteiger partial charge in [0.25, 0.3) is 0 Å². The van der Waals surface area contributed by atoms with Gasteiger partial charge in [-0.25, -0.2) is 0 Å². The predicted molar refractivity (Wildman–Crippen MR) is 43.5 cm³/mol. The van der Waals surface area contributed by atoms with Crippen molar-refractivity contribution in [1.82, 2.24) is 5.06 Å². The Balaban J connectivity index is 2.07. The van der Waals surface area contributed by atoms with Gasteiger partial charge >= 0.3 is 0 Å². The Morgan fingerprint density at radius 2 is 1.73 bits per heavy atom. The lowest BCUT2D eigenvalue weighted by Gasteiger charge is -2.44. The molecule has 0 spiro atoms. The summed E-state index contributed by atoms with van der Waals surface area (Å²) < 4.78 is 0. The molecule has 0 amide bonds. The maximum absolute atomic E-state index is 9.64. The molecule has 2 unspecified atom stereocenters. The van der Waals surface area contributed by atoms with Crippen LogP contribution in [0.5, 0.6) is 0 Å². The van der Waals surface area contributed by atoms with Crippen LogP contribution >= 0.6 is 0 Å². The third kappa shape index (κ3) is 1.30. The molecule has 2 saturated heterocycles. The first-order valence-corrected chi connectivity index (χ1v) is 4.74. The van der Waals surface area contributed by atoms with Crippen LogP contribution in [-0.4, -0.2) is 22.4 Å². The molecule has 0 aromatic carbocycles. The van der Waals surface area contributed by atoms with Crippen molar-refractivity contribution in [3.05, 3.63) is 0 Å². The Kier molecular flexibility index (Phi) is 1.90. The standard InChI is InChI=1S/C9H17NO/c1-7-5-8-3-2-4-9(6-7)10(8)11/h7-9,11H,2-6H2,1H3. The molecule has 2 aliphatic rings. The van der Waals surface area contributed by atoms with Crippen molar-refractivity contribution in [2.24, 2.45) is 5.92 Å². The fourth-order valence-electron chi connectivity index (χ4n) is 2.63. The normalized spacial score (nSPS) is 45.8. The molecule has 0 aromatic heterocycles. The van der Waals surface area contributed by atoms with Gasteiger partial charge in [-0.2, -0.15) is 5.06 Å². The first-order chi connectivity index (χ1) is 5.27. The van der Waals surface area contributed by atoms with Gasteiger partial charge in [0.2, 0.25) is 0 Å². The van der Waals surface area contributed by atoms with Gasteiger partial charge in [-0.3, -0.25) is 0 Å². The van der Waals surface area contributed by atoms with Crippen molar-refractivity contribution >= 4 is 0 Å². The molecule has 2 heterocycles. The molecule has 0 aliphatic carbocycles. The third-order valence-electron chi connectivity index (χ3n) is 3.17. The Bertz CT molecular complexity index is 134. The largest absolute Gasteiger partial charge is 0.313 e. The SMILES string of the molecule is CC1CC2CCCC(C1)N2O. The highest BCUT2D eigenvalue weighted by atomic mass is 16.5. The Hall–Kier alpha value is -0.0800. The maximum atomic E-state index is 9.64. The van der Waals surface area contributed by atoms with E-state index in [1.165, 1.54) is 32.1 Å². The molecule has 2 atom stereocenters. The van der Waals surface area contributed by atoms with Crippen LogP contribution in [0, 0.1) is 5.92 Å². The van der Waals surface area contributed by atoms with Crippen LogP contribution in [0.25, 0.3) is 0 Å². The summed E-state index contributed by atoms with van der Waals surface area (Å²) >= 11 is 0. The highest BCUT2D eigenvalue weighted by molar-refractivity contribution is 4.86. The van der Waals surface area contributed by atoms with E-state index in [2.05, 4.69) is 6.92 Å². The quantitative estimate of drug-likeness (QED) is 0.578. The minimum absolute atomic E-state index is 0.484. The van der Waals surface area contributed by atoms with Gasteiger partial charge in [-0.15, -0.1) is 0 Å². The van der Waals surface area contributed by atoms with E-state index in [1.807, 2.05) is 0 Å². The molecular weight excluding hydrogens is 138 g/mol. The van der Waals surface area contributed by atoms with Crippen molar-refractivity contribution in [2.75, 3.05) is 0 Å². The molecule has 0 aromatic rings. The zero-order valence-electron chi connectivity index (χ0n) is 7.16. The zero-order valence-corrected chi connectivity index (χ0v) is 7.16. The first-order valence-electron chi connectivity index (χ1n) is 4.74. The highest BCUT2D eigenvalue weighted by Crippen LogP contribution is 2.34. The van der Waals surface area contributed by atoms with Crippen LogP contribution in [0.4, 0.5) is 0 Å². The smallest absolute Gasteiger partial charge is 0.0356 e. The van der Waals surface area contributed by atoms with Gasteiger partial charge in [-0.1, -0.05) is 13.3 Å². The fraction of sp³-hybridized carbons (Fsp3) is 1.00. The van der Waals surface area contributed by atoms with E-state index in [9.17, 15) is 5.21 Å². The summed E-state index contributed by atoms with van der Waals surface area (Å²) in [5.41, 5.74) is 0. The predicted octanol–water partition coefficient (Wildman–Crippen LogP) is 2.03. The lowest BCUT2D eigenvalue weighted by Crippen LogP contribution is -2.49. The number of hydrogen-bond acceptors (Lipinski definition) is 2. The first kappa shape index (κ1) is 7.56. The molecule has 2 rings (SSSR count). The molecule has 2 nitrogen and oxygen atoms in total. The summed E-state index contributed by atoms with van der Waals surface area (Å²) in [6, 6.07) is 0.968. The van der Waals surface area contributed by atoms with Crippen molar-refractivity contribution in [3.63, 3.8) is 0 Å². The second kappa shape index (κ2) is 2.76.